The van der Waals surface area contributed by atoms with Crippen LogP contribution < -0.4 is 4.90 Å². The zero-order chi connectivity index (χ0) is 12.3. The summed E-state index contributed by atoms with van der Waals surface area (Å²) in [5.74, 6) is 0. The molecular weight excluding hydrogens is 230 g/mol. The summed E-state index contributed by atoms with van der Waals surface area (Å²) in [6.07, 6.45) is 0.910. The van der Waals surface area contributed by atoms with Crippen molar-refractivity contribution >= 4 is 23.3 Å². The molecule has 1 aromatic heterocycles. The first kappa shape index (κ1) is 11.9. The zero-order valence-electron chi connectivity index (χ0n) is 9.96. The van der Waals surface area contributed by atoms with E-state index in [1.165, 1.54) is 4.88 Å². The van der Waals surface area contributed by atoms with Crippen molar-refractivity contribution < 1.29 is 4.79 Å². The number of thiophene rings is 1. The second-order valence-corrected chi connectivity index (χ2v) is 4.96. The molecule has 17 heavy (non-hydrogen) atoms. The van der Waals surface area contributed by atoms with E-state index in [0.29, 0.717) is 0 Å². The van der Waals surface area contributed by atoms with Gasteiger partial charge in [0.15, 0.2) is 6.29 Å². The van der Waals surface area contributed by atoms with Crippen LogP contribution in [0.3, 0.4) is 0 Å². The first-order chi connectivity index (χ1) is 8.24. The van der Waals surface area contributed by atoms with Crippen molar-refractivity contribution in [2.75, 3.05) is 11.9 Å². The summed E-state index contributed by atoms with van der Waals surface area (Å²) in [6, 6.07) is 12.1. The third kappa shape index (κ3) is 2.39. The van der Waals surface area contributed by atoms with Crippen molar-refractivity contribution in [2.45, 2.75) is 13.0 Å². The predicted molar refractivity (Wildman–Crippen MR) is 73.0 cm³/mol. The van der Waals surface area contributed by atoms with Crippen molar-refractivity contribution in [2.24, 2.45) is 0 Å². The van der Waals surface area contributed by atoms with Crippen LogP contribution in [0.5, 0.6) is 0 Å². The molecule has 0 aliphatic carbocycles. The van der Waals surface area contributed by atoms with Crippen LogP contribution in [0.25, 0.3) is 0 Å². The van der Waals surface area contributed by atoms with E-state index in [1.807, 2.05) is 31.3 Å². The highest BCUT2D eigenvalue weighted by Gasteiger charge is 2.15. The third-order valence-corrected chi connectivity index (χ3v) is 4.02. The molecule has 0 spiro atoms. The second kappa shape index (κ2) is 5.15. The van der Waals surface area contributed by atoms with E-state index >= 15 is 0 Å². The fourth-order valence-electron chi connectivity index (χ4n) is 1.84. The number of aldehydes is 1. The molecule has 0 bridgehead atoms. The SMILES string of the molecule is CC(c1cccs1)N(C)c1ccccc1C=O. The maximum atomic E-state index is 11.0. The van der Waals surface area contributed by atoms with E-state index in [9.17, 15) is 4.79 Å². The Hall–Kier alpha value is -1.61. The summed E-state index contributed by atoms with van der Waals surface area (Å²) >= 11 is 1.74. The Bertz CT molecular complexity index is 493. The standard InChI is InChI=1S/C14H15NOS/c1-11(14-8-5-9-17-14)15(2)13-7-4-3-6-12(13)10-16/h3-11H,1-2H3. The molecule has 1 heterocycles. The van der Waals surface area contributed by atoms with E-state index in [4.69, 9.17) is 0 Å². The summed E-state index contributed by atoms with van der Waals surface area (Å²) in [5, 5.41) is 2.07. The second-order valence-electron chi connectivity index (χ2n) is 3.98. The maximum Gasteiger partial charge on any atom is 0.152 e. The van der Waals surface area contributed by atoms with Crippen molar-refractivity contribution in [3.63, 3.8) is 0 Å². The van der Waals surface area contributed by atoms with Crippen LogP contribution in [0.15, 0.2) is 41.8 Å². The highest BCUT2D eigenvalue weighted by Crippen LogP contribution is 2.29. The number of benzene rings is 1. The van der Waals surface area contributed by atoms with Gasteiger partial charge in [0.05, 0.1) is 6.04 Å². The number of hydrogen-bond acceptors (Lipinski definition) is 3. The summed E-state index contributed by atoms with van der Waals surface area (Å²) in [7, 11) is 2.02. The summed E-state index contributed by atoms with van der Waals surface area (Å²) in [6.45, 7) is 2.15. The van der Waals surface area contributed by atoms with E-state index in [1.54, 1.807) is 11.3 Å². The van der Waals surface area contributed by atoms with Crippen LogP contribution >= 0.6 is 11.3 Å². The molecule has 2 nitrogen and oxygen atoms in total. The summed E-state index contributed by atoms with van der Waals surface area (Å²) in [5.41, 5.74) is 1.71. The fraction of sp³-hybridized carbons (Fsp3) is 0.214. The molecule has 0 amide bonds. The number of nitrogens with zero attached hydrogens (tertiary/aromatic N) is 1. The third-order valence-electron chi connectivity index (χ3n) is 2.98. The van der Waals surface area contributed by atoms with Gasteiger partial charge >= 0.3 is 0 Å². The van der Waals surface area contributed by atoms with Gasteiger partial charge in [0, 0.05) is 23.2 Å². The van der Waals surface area contributed by atoms with Crippen molar-refractivity contribution in [3.8, 4) is 0 Å². The van der Waals surface area contributed by atoms with Crippen molar-refractivity contribution in [1.82, 2.24) is 0 Å². The molecular formula is C14H15NOS. The topological polar surface area (TPSA) is 20.3 Å². The lowest BCUT2D eigenvalue weighted by Gasteiger charge is -2.27. The van der Waals surface area contributed by atoms with Gasteiger partial charge in [-0.1, -0.05) is 18.2 Å². The number of hydrogen-bond donors (Lipinski definition) is 0. The van der Waals surface area contributed by atoms with Crippen LogP contribution in [0.2, 0.25) is 0 Å². The molecule has 0 saturated heterocycles. The minimum absolute atomic E-state index is 0.274. The molecule has 0 saturated carbocycles. The summed E-state index contributed by atoms with van der Waals surface area (Å²) in [4.78, 5) is 14.5. The number of carbonyl (C=O) groups is 1. The minimum atomic E-state index is 0.274. The Kier molecular flexibility index (Phi) is 3.59. The fourth-order valence-corrected chi connectivity index (χ4v) is 2.66. The molecule has 2 rings (SSSR count). The maximum absolute atomic E-state index is 11.0. The molecule has 1 aromatic carbocycles. The Balaban J connectivity index is 2.30. The van der Waals surface area contributed by atoms with Gasteiger partial charge in [-0.25, -0.2) is 0 Å². The molecule has 3 heteroatoms. The minimum Gasteiger partial charge on any atom is -0.366 e. The monoisotopic (exact) mass is 245 g/mol. The first-order valence-electron chi connectivity index (χ1n) is 5.54. The number of anilines is 1. The van der Waals surface area contributed by atoms with Gasteiger partial charge in [-0.05, 0) is 30.5 Å². The van der Waals surface area contributed by atoms with Gasteiger partial charge in [0.1, 0.15) is 0 Å². The predicted octanol–water partition coefficient (Wildman–Crippen LogP) is 3.76. The van der Waals surface area contributed by atoms with E-state index < -0.39 is 0 Å². The molecule has 1 unspecified atom stereocenters. The largest absolute Gasteiger partial charge is 0.366 e. The summed E-state index contributed by atoms with van der Waals surface area (Å²) < 4.78 is 0. The molecule has 0 fully saturated rings. The van der Waals surface area contributed by atoms with Crippen LogP contribution in [0.4, 0.5) is 5.69 Å². The molecule has 0 aliphatic heterocycles. The van der Waals surface area contributed by atoms with Gasteiger partial charge in [0.2, 0.25) is 0 Å². The molecule has 0 aliphatic rings. The van der Waals surface area contributed by atoms with Gasteiger partial charge in [0.25, 0.3) is 0 Å². The molecule has 0 N–H and O–H groups in total. The average Bonchev–Trinajstić information content (AvgIpc) is 2.90. The van der Waals surface area contributed by atoms with Crippen molar-refractivity contribution in [3.05, 3.63) is 52.2 Å². The Labute approximate surface area is 106 Å². The van der Waals surface area contributed by atoms with Crippen LogP contribution in [-0.2, 0) is 0 Å². The highest BCUT2D eigenvalue weighted by molar-refractivity contribution is 7.10. The Morgan fingerprint density at radius 1 is 1.24 bits per heavy atom. The van der Waals surface area contributed by atoms with E-state index in [0.717, 1.165) is 17.5 Å². The van der Waals surface area contributed by atoms with Gasteiger partial charge in [-0.2, -0.15) is 0 Å². The Morgan fingerprint density at radius 2 is 2.00 bits per heavy atom. The molecule has 88 valence electrons. The zero-order valence-corrected chi connectivity index (χ0v) is 10.8. The number of para-hydroxylation sites is 1. The van der Waals surface area contributed by atoms with E-state index in [2.05, 4.69) is 29.3 Å². The number of rotatable bonds is 4. The van der Waals surface area contributed by atoms with Crippen molar-refractivity contribution in [1.29, 1.82) is 0 Å². The normalized spacial score (nSPS) is 12.1. The van der Waals surface area contributed by atoms with Gasteiger partial charge in [-0.3, -0.25) is 4.79 Å². The quantitative estimate of drug-likeness (QED) is 0.764. The smallest absolute Gasteiger partial charge is 0.152 e. The highest BCUT2D eigenvalue weighted by atomic mass is 32.1. The van der Waals surface area contributed by atoms with Crippen LogP contribution in [0.1, 0.15) is 28.2 Å². The molecule has 2 aromatic rings. The lowest BCUT2D eigenvalue weighted by Crippen LogP contribution is -2.21. The first-order valence-corrected chi connectivity index (χ1v) is 6.42. The number of carbonyl (C=O) groups excluding carboxylic acids is 1. The Morgan fingerprint density at radius 3 is 2.65 bits per heavy atom. The lowest BCUT2D eigenvalue weighted by atomic mass is 10.1. The lowest BCUT2D eigenvalue weighted by molar-refractivity contribution is 0.112. The van der Waals surface area contributed by atoms with E-state index in [-0.39, 0.29) is 6.04 Å². The molecule has 1 atom stereocenters. The average molecular weight is 245 g/mol. The van der Waals surface area contributed by atoms with Gasteiger partial charge in [-0.15, -0.1) is 11.3 Å². The van der Waals surface area contributed by atoms with Gasteiger partial charge < -0.3 is 4.90 Å². The van der Waals surface area contributed by atoms with Crippen LogP contribution in [-0.4, -0.2) is 13.3 Å². The van der Waals surface area contributed by atoms with Crippen LogP contribution in [0, 0.1) is 0 Å². The molecule has 0 radical (unpaired) electrons.